The third kappa shape index (κ3) is 3.63. The summed E-state index contributed by atoms with van der Waals surface area (Å²) >= 11 is 3.77. The summed E-state index contributed by atoms with van der Waals surface area (Å²) in [5.41, 5.74) is 0.0897. The third-order valence-electron chi connectivity index (χ3n) is 3.94. The molecule has 0 bridgehead atoms. The van der Waals surface area contributed by atoms with Gasteiger partial charge in [-0.05, 0) is 42.3 Å². The Morgan fingerprint density at radius 2 is 2.00 bits per heavy atom. The van der Waals surface area contributed by atoms with Crippen LogP contribution in [0.5, 0.6) is 5.75 Å². The fraction of sp³-hybridized carbons (Fsp3) is 0.176. The maximum atomic E-state index is 13.0. The molecule has 1 heterocycles. The van der Waals surface area contributed by atoms with Crippen LogP contribution in [0.25, 0.3) is 10.8 Å². The Labute approximate surface area is 147 Å². The average molecular weight is 365 g/mol. The third-order valence-corrected chi connectivity index (χ3v) is 4.15. The molecule has 1 aromatic heterocycles. The van der Waals surface area contributed by atoms with Gasteiger partial charge in [0, 0.05) is 30.2 Å². The van der Waals surface area contributed by atoms with Gasteiger partial charge in [0.1, 0.15) is 5.75 Å². The second-order valence-electron chi connectivity index (χ2n) is 5.47. The van der Waals surface area contributed by atoms with E-state index in [1.807, 2.05) is 0 Å². The molecule has 0 aliphatic rings. The molecule has 8 heteroatoms. The predicted molar refractivity (Wildman–Crippen MR) is 92.7 cm³/mol. The molecule has 3 rings (SSSR count). The van der Waals surface area contributed by atoms with E-state index in [0.29, 0.717) is 17.1 Å². The highest BCUT2D eigenvalue weighted by molar-refractivity contribution is 7.75. The smallest absolute Gasteiger partial charge is 0.416 e. The van der Waals surface area contributed by atoms with Crippen molar-refractivity contribution in [2.24, 2.45) is 0 Å². The largest absolute Gasteiger partial charge is 0.429 e. The normalized spacial score (nSPS) is 11.6. The van der Waals surface area contributed by atoms with E-state index in [1.54, 1.807) is 30.5 Å². The number of fused-ring (bicyclic) bond motifs is 1. The summed E-state index contributed by atoms with van der Waals surface area (Å²) in [6, 6.07) is 9.39. The monoisotopic (exact) mass is 365 g/mol. The Hall–Kier alpha value is -2.48. The summed E-state index contributed by atoms with van der Waals surface area (Å²) in [6.07, 6.45) is -2.78. The Balaban J connectivity index is 1.91. The molecule has 2 aromatic carbocycles. The lowest BCUT2D eigenvalue weighted by Crippen LogP contribution is -2.11. The number of halogens is 3. The van der Waals surface area contributed by atoms with Gasteiger partial charge in [-0.25, -0.2) is 0 Å². The van der Waals surface area contributed by atoms with Gasteiger partial charge < -0.3 is 9.50 Å². The van der Waals surface area contributed by atoms with Gasteiger partial charge in [-0.15, -0.1) is 5.10 Å². The highest BCUT2D eigenvalue weighted by atomic mass is 32.1. The molecule has 0 saturated heterocycles. The highest BCUT2D eigenvalue weighted by Crippen LogP contribution is 2.33. The Morgan fingerprint density at radius 3 is 2.72 bits per heavy atom. The van der Waals surface area contributed by atoms with Crippen molar-refractivity contribution in [3.8, 4) is 5.75 Å². The standard InChI is InChI=1S/C17H14F3N3OS/c1-10-11(3-2-4-15(10)17(18,19)20)8-21-16-14-7-13(24-25)6-5-12(14)9-22-23-16/h2-7,9,25H,8H2,1H3,(H,21,23). The van der Waals surface area contributed by atoms with Gasteiger partial charge in [0.2, 0.25) is 0 Å². The Morgan fingerprint density at radius 1 is 1.20 bits per heavy atom. The van der Waals surface area contributed by atoms with Crippen molar-refractivity contribution in [2.75, 3.05) is 5.32 Å². The molecule has 0 amide bonds. The molecule has 25 heavy (non-hydrogen) atoms. The van der Waals surface area contributed by atoms with Gasteiger partial charge >= 0.3 is 6.18 Å². The van der Waals surface area contributed by atoms with Crippen molar-refractivity contribution in [1.29, 1.82) is 0 Å². The lowest BCUT2D eigenvalue weighted by Gasteiger charge is -2.15. The van der Waals surface area contributed by atoms with Crippen LogP contribution >= 0.6 is 12.9 Å². The van der Waals surface area contributed by atoms with Crippen LogP contribution in [-0.2, 0) is 12.7 Å². The van der Waals surface area contributed by atoms with Crippen LogP contribution in [0, 0.1) is 6.92 Å². The lowest BCUT2D eigenvalue weighted by atomic mass is 10.0. The van der Waals surface area contributed by atoms with E-state index in [4.69, 9.17) is 4.18 Å². The second-order valence-corrected chi connectivity index (χ2v) is 5.66. The quantitative estimate of drug-likeness (QED) is 0.515. The van der Waals surface area contributed by atoms with Crippen LogP contribution in [0.15, 0.2) is 42.6 Å². The van der Waals surface area contributed by atoms with Crippen molar-refractivity contribution in [3.05, 3.63) is 59.3 Å². The van der Waals surface area contributed by atoms with E-state index in [2.05, 4.69) is 28.4 Å². The molecule has 0 unspecified atom stereocenters. The van der Waals surface area contributed by atoms with Crippen LogP contribution in [0.3, 0.4) is 0 Å². The average Bonchev–Trinajstić information content (AvgIpc) is 2.59. The molecule has 130 valence electrons. The number of anilines is 1. The van der Waals surface area contributed by atoms with Gasteiger partial charge in [-0.2, -0.15) is 18.3 Å². The molecular formula is C17H14F3N3OS. The first kappa shape index (κ1) is 17.3. The molecule has 3 aromatic rings. The number of nitrogens with one attached hydrogen (secondary N) is 1. The van der Waals surface area contributed by atoms with E-state index in [0.717, 1.165) is 16.8 Å². The van der Waals surface area contributed by atoms with Gasteiger partial charge in [0.15, 0.2) is 5.82 Å². The van der Waals surface area contributed by atoms with Crippen LogP contribution in [0.1, 0.15) is 16.7 Å². The van der Waals surface area contributed by atoms with Crippen molar-refractivity contribution >= 4 is 29.5 Å². The number of hydrogen-bond donors (Lipinski definition) is 2. The zero-order valence-electron chi connectivity index (χ0n) is 13.1. The van der Waals surface area contributed by atoms with Crippen LogP contribution in [0.2, 0.25) is 0 Å². The van der Waals surface area contributed by atoms with Crippen molar-refractivity contribution in [2.45, 2.75) is 19.6 Å². The molecule has 0 atom stereocenters. The summed E-state index contributed by atoms with van der Waals surface area (Å²) in [7, 11) is 0. The summed E-state index contributed by atoms with van der Waals surface area (Å²) in [6.45, 7) is 1.65. The second kappa shape index (κ2) is 6.79. The molecule has 4 nitrogen and oxygen atoms in total. The molecule has 0 aliphatic carbocycles. The zero-order valence-corrected chi connectivity index (χ0v) is 14.0. The number of alkyl halides is 3. The van der Waals surface area contributed by atoms with Crippen LogP contribution in [0.4, 0.5) is 19.0 Å². The van der Waals surface area contributed by atoms with Crippen molar-refractivity contribution in [3.63, 3.8) is 0 Å². The fourth-order valence-electron chi connectivity index (χ4n) is 2.60. The van der Waals surface area contributed by atoms with E-state index in [9.17, 15) is 13.2 Å². The SMILES string of the molecule is Cc1c(CNc2nncc3ccc(OS)cc23)cccc1C(F)(F)F. The summed E-state index contributed by atoms with van der Waals surface area (Å²) in [5, 5.41) is 12.6. The minimum atomic E-state index is -4.38. The number of benzene rings is 2. The molecule has 0 saturated carbocycles. The van der Waals surface area contributed by atoms with E-state index in [-0.39, 0.29) is 12.1 Å². The number of thiol groups is 1. The van der Waals surface area contributed by atoms with Gasteiger partial charge in [-0.3, -0.25) is 0 Å². The predicted octanol–water partition coefficient (Wildman–Crippen LogP) is 4.79. The topological polar surface area (TPSA) is 47.0 Å². The molecule has 0 fully saturated rings. The van der Waals surface area contributed by atoms with Crippen LogP contribution < -0.4 is 9.50 Å². The van der Waals surface area contributed by atoms with Gasteiger partial charge in [0.25, 0.3) is 0 Å². The minimum Gasteiger partial charge on any atom is -0.429 e. The highest BCUT2D eigenvalue weighted by Gasteiger charge is 2.32. The van der Waals surface area contributed by atoms with Crippen LogP contribution in [-0.4, -0.2) is 10.2 Å². The number of hydrogen-bond acceptors (Lipinski definition) is 5. The fourth-order valence-corrected chi connectivity index (χ4v) is 2.72. The van der Waals surface area contributed by atoms with E-state index < -0.39 is 11.7 Å². The Bertz CT molecular complexity index is 915. The summed E-state index contributed by atoms with van der Waals surface area (Å²) < 4.78 is 44.0. The maximum absolute atomic E-state index is 13.0. The molecule has 1 N–H and O–H groups in total. The first-order valence-corrected chi connectivity index (χ1v) is 7.73. The number of aromatic nitrogens is 2. The zero-order chi connectivity index (χ0) is 18.0. The Kier molecular flexibility index (Phi) is 4.71. The minimum absolute atomic E-state index is 0.190. The van der Waals surface area contributed by atoms with Crippen molar-refractivity contribution in [1.82, 2.24) is 10.2 Å². The molecular weight excluding hydrogens is 351 g/mol. The van der Waals surface area contributed by atoms with Gasteiger partial charge in [-0.1, -0.05) is 12.1 Å². The van der Waals surface area contributed by atoms with E-state index >= 15 is 0 Å². The number of nitrogens with zero attached hydrogens (tertiary/aromatic N) is 2. The van der Waals surface area contributed by atoms with Gasteiger partial charge in [0.05, 0.1) is 11.8 Å². The first-order chi connectivity index (χ1) is 11.9. The summed E-state index contributed by atoms with van der Waals surface area (Å²) in [4.78, 5) is 0. The molecule has 0 aliphatic heterocycles. The number of rotatable bonds is 4. The molecule has 0 radical (unpaired) electrons. The lowest BCUT2D eigenvalue weighted by molar-refractivity contribution is -0.138. The van der Waals surface area contributed by atoms with E-state index in [1.165, 1.54) is 13.0 Å². The summed E-state index contributed by atoms with van der Waals surface area (Å²) in [5.74, 6) is 0.990. The maximum Gasteiger partial charge on any atom is 0.416 e. The molecule has 0 spiro atoms. The first-order valence-electron chi connectivity index (χ1n) is 7.36. The van der Waals surface area contributed by atoms with Crippen molar-refractivity contribution < 1.29 is 17.4 Å².